The van der Waals surface area contributed by atoms with Crippen LogP contribution in [0, 0.1) is 6.92 Å². The van der Waals surface area contributed by atoms with Crippen molar-refractivity contribution in [1.29, 1.82) is 0 Å². The summed E-state index contributed by atoms with van der Waals surface area (Å²) in [4.78, 5) is 36.9. The number of anilines is 3. The van der Waals surface area contributed by atoms with Gasteiger partial charge in [-0.05, 0) is 85.9 Å². The van der Waals surface area contributed by atoms with Crippen molar-refractivity contribution in [2.45, 2.75) is 85.0 Å². The quantitative estimate of drug-likeness (QED) is 0.285. The Labute approximate surface area is 244 Å². The zero-order chi connectivity index (χ0) is 30.2. The molecule has 0 aliphatic carbocycles. The minimum absolute atomic E-state index is 0.00128. The number of alkyl carbamates (subject to hydrolysis) is 1. The van der Waals surface area contributed by atoms with Gasteiger partial charge >= 0.3 is 12.2 Å². The van der Waals surface area contributed by atoms with Crippen LogP contribution in [0.1, 0.15) is 66.5 Å². The molecular weight excluding hydrogens is 538 g/mol. The standard InChI is InChI=1S/C30H39N7O5/c1-18-21-11-10-20(17-23(21)37(35-18)28(39)42-30(5,6)7)31-26-33-22-13-16-40-24(22)25(34-26)36-14-8-9-19(12-15-36)32-27(38)41-29(2,3)4/h10-11,13,16-17,19H,8-9,12,14-15H2,1-7H3,(H,32,38)(H,31,33,34). The van der Waals surface area contributed by atoms with E-state index in [-0.39, 0.29) is 6.04 Å². The molecule has 0 spiro atoms. The van der Waals surface area contributed by atoms with Crippen molar-refractivity contribution in [3.8, 4) is 0 Å². The van der Waals surface area contributed by atoms with Crippen molar-refractivity contribution in [1.82, 2.24) is 25.1 Å². The first-order chi connectivity index (χ1) is 19.8. The fourth-order valence-corrected chi connectivity index (χ4v) is 4.97. The highest BCUT2D eigenvalue weighted by Gasteiger charge is 2.25. The Bertz CT molecular complexity index is 1610. The van der Waals surface area contributed by atoms with Gasteiger partial charge in [-0.25, -0.2) is 14.6 Å². The van der Waals surface area contributed by atoms with Crippen LogP contribution in [0.4, 0.5) is 27.0 Å². The van der Waals surface area contributed by atoms with Crippen LogP contribution in [0.5, 0.6) is 0 Å². The Morgan fingerprint density at radius 1 is 1.00 bits per heavy atom. The van der Waals surface area contributed by atoms with E-state index in [1.165, 1.54) is 4.68 Å². The summed E-state index contributed by atoms with van der Waals surface area (Å²) in [6.45, 7) is 14.3. The molecule has 12 heteroatoms. The van der Waals surface area contributed by atoms with Crippen molar-refractivity contribution in [3.63, 3.8) is 0 Å². The zero-order valence-electron chi connectivity index (χ0n) is 25.3. The molecule has 224 valence electrons. The van der Waals surface area contributed by atoms with E-state index in [9.17, 15) is 9.59 Å². The Morgan fingerprint density at radius 3 is 2.50 bits per heavy atom. The number of fused-ring (bicyclic) bond motifs is 2. The SMILES string of the molecule is Cc1nn(C(=O)OC(C)(C)C)c2cc(Nc3nc(N4CCCC(NC(=O)OC(C)(C)C)CC4)c4occc4n3)ccc12. The summed E-state index contributed by atoms with van der Waals surface area (Å²) < 4.78 is 18.1. The number of aromatic nitrogens is 4. The highest BCUT2D eigenvalue weighted by atomic mass is 16.6. The van der Waals surface area contributed by atoms with Crippen LogP contribution in [0.2, 0.25) is 0 Å². The van der Waals surface area contributed by atoms with E-state index in [0.717, 1.165) is 36.9 Å². The summed E-state index contributed by atoms with van der Waals surface area (Å²) in [7, 11) is 0. The summed E-state index contributed by atoms with van der Waals surface area (Å²) >= 11 is 0. The van der Waals surface area contributed by atoms with E-state index in [0.29, 0.717) is 40.6 Å². The molecule has 1 aliphatic rings. The molecule has 4 heterocycles. The second-order valence-corrected chi connectivity index (χ2v) is 12.6. The molecule has 1 unspecified atom stereocenters. The van der Waals surface area contributed by atoms with Gasteiger partial charge < -0.3 is 29.4 Å². The average Bonchev–Trinajstić information content (AvgIpc) is 3.39. The van der Waals surface area contributed by atoms with Gasteiger partial charge in [-0.3, -0.25) is 0 Å². The van der Waals surface area contributed by atoms with Crippen LogP contribution in [0.25, 0.3) is 22.0 Å². The largest absolute Gasteiger partial charge is 0.459 e. The molecule has 4 aromatic rings. The van der Waals surface area contributed by atoms with Crippen molar-refractivity contribution in [2.24, 2.45) is 0 Å². The number of benzene rings is 1. The van der Waals surface area contributed by atoms with Crippen LogP contribution in [0.15, 0.2) is 34.9 Å². The van der Waals surface area contributed by atoms with Gasteiger partial charge in [-0.15, -0.1) is 0 Å². The summed E-state index contributed by atoms with van der Waals surface area (Å²) in [6, 6.07) is 7.45. The minimum atomic E-state index is -0.650. The van der Waals surface area contributed by atoms with Crippen molar-refractivity contribution in [3.05, 3.63) is 36.2 Å². The fourth-order valence-electron chi connectivity index (χ4n) is 4.97. The predicted octanol–water partition coefficient (Wildman–Crippen LogP) is 6.29. The molecule has 0 bridgehead atoms. The topological polar surface area (TPSA) is 137 Å². The van der Waals surface area contributed by atoms with E-state index >= 15 is 0 Å². The van der Waals surface area contributed by atoms with Gasteiger partial charge in [0.1, 0.15) is 16.7 Å². The number of rotatable bonds is 4. The van der Waals surface area contributed by atoms with E-state index < -0.39 is 23.4 Å². The minimum Gasteiger partial charge on any atom is -0.459 e. The molecule has 1 aliphatic heterocycles. The molecule has 1 fully saturated rings. The summed E-state index contributed by atoms with van der Waals surface area (Å²) in [6.07, 6.45) is 3.09. The molecular formula is C30H39N7O5. The van der Waals surface area contributed by atoms with Crippen LogP contribution >= 0.6 is 0 Å². The lowest BCUT2D eigenvalue weighted by molar-refractivity contribution is 0.0496. The Balaban J connectivity index is 1.37. The van der Waals surface area contributed by atoms with Crippen LogP contribution in [0.3, 0.4) is 0 Å². The molecule has 0 saturated carbocycles. The fraction of sp³-hybridized carbons (Fsp3) is 0.500. The van der Waals surface area contributed by atoms with Crippen LogP contribution < -0.4 is 15.5 Å². The third kappa shape index (κ3) is 6.75. The molecule has 2 N–H and O–H groups in total. The summed E-state index contributed by atoms with van der Waals surface area (Å²) in [5.41, 5.74) is 2.11. The average molecular weight is 578 g/mol. The van der Waals surface area contributed by atoms with Gasteiger partial charge in [-0.2, -0.15) is 14.8 Å². The molecule has 12 nitrogen and oxygen atoms in total. The first-order valence-corrected chi connectivity index (χ1v) is 14.3. The third-order valence-corrected chi connectivity index (χ3v) is 6.72. The lowest BCUT2D eigenvalue weighted by Crippen LogP contribution is -2.39. The molecule has 42 heavy (non-hydrogen) atoms. The maximum absolute atomic E-state index is 12.9. The molecule has 1 atom stereocenters. The molecule has 3 aromatic heterocycles. The van der Waals surface area contributed by atoms with Gasteiger partial charge in [0, 0.05) is 36.3 Å². The smallest absolute Gasteiger partial charge is 0.435 e. The Morgan fingerprint density at radius 2 is 1.76 bits per heavy atom. The number of ether oxygens (including phenoxy) is 2. The number of amides is 1. The van der Waals surface area contributed by atoms with Crippen LogP contribution in [-0.4, -0.2) is 62.3 Å². The monoisotopic (exact) mass is 577 g/mol. The van der Waals surface area contributed by atoms with Crippen molar-refractivity contribution >= 4 is 51.6 Å². The van der Waals surface area contributed by atoms with E-state index in [4.69, 9.17) is 18.9 Å². The van der Waals surface area contributed by atoms with Gasteiger partial charge in [-0.1, -0.05) is 0 Å². The lowest BCUT2D eigenvalue weighted by atomic mass is 10.1. The molecule has 0 radical (unpaired) electrons. The Hall–Kier alpha value is -4.35. The number of carbonyl (C=O) groups excluding carboxylic acids is 2. The van der Waals surface area contributed by atoms with Crippen molar-refractivity contribution in [2.75, 3.05) is 23.3 Å². The third-order valence-electron chi connectivity index (χ3n) is 6.72. The van der Waals surface area contributed by atoms with E-state index in [2.05, 4.69) is 25.6 Å². The normalized spacial score (nSPS) is 16.4. The number of hydrogen-bond donors (Lipinski definition) is 2. The van der Waals surface area contributed by atoms with Gasteiger partial charge in [0.05, 0.1) is 17.5 Å². The molecule has 1 amide bonds. The molecule has 1 aromatic carbocycles. The first kappa shape index (κ1) is 29.2. The second-order valence-electron chi connectivity index (χ2n) is 12.6. The van der Waals surface area contributed by atoms with Crippen molar-refractivity contribution < 1.29 is 23.5 Å². The Kier molecular flexibility index (Phi) is 7.74. The van der Waals surface area contributed by atoms with Gasteiger partial charge in [0.15, 0.2) is 11.4 Å². The second kappa shape index (κ2) is 11.1. The summed E-state index contributed by atoms with van der Waals surface area (Å²) in [5.74, 6) is 1.08. The van der Waals surface area contributed by atoms with Gasteiger partial charge in [0.2, 0.25) is 5.95 Å². The van der Waals surface area contributed by atoms with E-state index in [1.807, 2.05) is 66.7 Å². The maximum atomic E-state index is 12.9. The zero-order valence-corrected chi connectivity index (χ0v) is 25.3. The number of nitrogens with zero attached hydrogens (tertiary/aromatic N) is 5. The lowest BCUT2D eigenvalue weighted by Gasteiger charge is -2.24. The predicted molar refractivity (Wildman–Crippen MR) is 160 cm³/mol. The number of furan rings is 1. The molecule has 5 rings (SSSR count). The first-order valence-electron chi connectivity index (χ1n) is 14.3. The number of nitrogens with one attached hydrogen (secondary N) is 2. The highest BCUT2D eigenvalue weighted by molar-refractivity contribution is 5.92. The number of hydrogen-bond acceptors (Lipinski definition) is 10. The van der Waals surface area contributed by atoms with Crippen LogP contribution in [-0.2, 0) is 9.47 Å². The maximum Gasteiger partial charge on any atom is 0.435 e. The highest BCUT2D eigenvalue weighted by Crippen LogP contribution is 2.30. The molecule has 1 saturated heterocycles. The summed E-state index contributed by atoms with van der Waals surface area (Å²) in [5, 5.41) is 11.6. The van der Waals surface area contributed by atoms with E-state index in [1.54, 1.807) is 12.3 Å². The number of aryl methyl sites for hydroxylation is 1. The van der Waals surface area contributed by atoms with Gasteiger partial charge in [0.25, 0.3) is 0 Å². The number of carbonyl (C=O) groups is 2.